The molecule has 0 heterocycles. The molecule has 0 spiro atoms. The van der Waals surface area contributed by atoms with Gasteiger partial charge in [0.1, 0.15) is 23.0 Å². The maximum Gasteiger partial charge on any atom is 0.337 e. The quantitative estimate of drug-likeness (QED) is 0.0483. The van der Waals surface area contributed by atoms with E-state index in [1.807, 2.05) is 48.5 Å². The van der Waals surface area contributed by atoms with Gasteiger partial charge in [-0.2, -0.15) is 5.48 Å². The van der Waals surface area contributed by atoms with Crippen LogP contribution in [0.15, 0.2) is 121 Å². The Bertz CT molecular complexity index is 2730. The van der Waals surface area contributed by atoms with E-state index in [0.717, 1.165) is 11.1 Å². The maximum atomic E-state index is 13.2. The number of aromatic carboxylic acids is 2. The molecule has 5 N–H and O–H groups in total. The van der Waals surface area contributed by atoms with Crippen LogP contribution in [-0.4, -0.2) is 59.4 Å². The number of hydrogen-bond acceptors (Lipinski definition) is 11. The Morgan fingerprint density at radius 3 is 1.49 bits per heavy atom. The number of nitrogens with one attached hydrogen (secondary N) is 2. The van der Waals surface area contributed by atoms with Gasteiger partial charge in [0.2, 0.25) is 0 Å². The number of methoxy groups -OCH3 is 2. The van der Waals surface area contributed by atoms with E-state index in [1.165, 1.54) is 50.6 Å². The second kappa shape index (κ2) is 18.8. The van der Waals surface area contributed by atoms with Gasteiger partial charge in [-0.1, -0.05) is 44.2 Å². The highest BCUT2D eigenvalue weighted by atomic mass is 16.5. The first-order valence-electron chi connectivity index (χ1n) is 19.4. The van der Waals surface area contributed by atoms with E-state index in [2.05, 4.69) is 24.6 Å². The molecular formula is C49H44N2O12. The van der Waals surface area contributed by atoms with Crippen molar-refractivity contribution in [3.05, 3.63) is 183 Å². The zero-order valence-corrected chi connectivity index (χ0v) is 35.1. The number of carbonyl (C=O) groups is 5. The summed E-state index contributed by atoms with van der Waals surface area (Å²) in [4.78, 5) is 61.2. The first-order valence-corrected chi connectivity index (χ1v) is 19.4. The maximum absolute atomic E-state index is 13.2. The molecular weight excluding hydrogens is 809 g/mol. The molecule has 0 aromatic heterocycles. The van der Waals surface area contributed by atoms with Crippen LogP contribution in [0.4, 0.5) is 5.69 Å². The number of ether oxygens (including phenoxy) is 4. The van der Waals surface area contributed by atoms with Crippen LogP contribution in [0.3, 0.4) is 0 Å². The van der Waals surface area contributed by atoms with E-state index in [1.54, 1.807) is 50.2 Å². The number of hydroxylamine groups is 1. The standard InChI is InChI=1S/C49H44N2O12/c1-27-23-35(17-21-37(27)43(51-59)40-25-29(47(57)60-5)7-19-38(40)45(53)54)62-33-13-9-31(10-14-33)49(3,4)32-11-15-34(16-12-32)63-36-18-22-42(28(2)24-36)50-44(52)41-26-30(48(58)61-6)8-20-39(41)46(55)56/h7-26,43,51,59H,1-6H3,(H,50,52)(H,53,54)(H,55,56). The smallest absolute Gasteiger partial charge is 0.337 e. The van der Waals surface area contributed by atoms with E-state index in [-0.39, 0.29) is 33.4 Å². The number of carboxylic acid groups (broad SMARTS) is 2. The molecule has 1 unspecified atom stereocenters. The number of hydrogen-bond donors (Lipinski definition) is 5. The second-order valence-corrected chi connectivity index (χ2v) is 15.0. The van der Waals surface area contributed by atoms with E-state index >= 15 is 0 Å². The molecule has 0 radical (unpaired) electrons. The minimum absolute atomic E-state index is 0.0413. The average molecular weight is 853 g/mol. The van der Waals surface area contributed by atoms with Gasteiger partial charge >= 0.3 is 23.9 Å². The minimum Gasteiger partial charge on any atom is -0.478 e. The summed E-state index contributed by atoms with van der Waals surface area (Å²) in [7, 11) is 2.42. The van der Waals surface area contributed by atoms with Gasteiger partial charge in [0.05, 0.1) is 48.1 Å². The second-order valence-electron chi connectivity index (χ2n) is 15.0. The number of esters is 2. The summed E-state index contributed by atoms with van der Waals surface area (Å²) in [6.45, 7) is 7.78. The number of aryl methyl sites for hydroxylation is 2. The van der Waals surface area contributed by atoms with Crippen molar-refractivity contribution in [1.29, 1.82) is 0 Å². The number of carboxylic acids is 2. The normalized spacial score (nSPS) is 11.5. The molecule has 6 aromatic rings. The van der Waals surface area contributed by atoms with Gasteiger partial charge < -0.3 is 39.7 Å². The molecule has 1 atom stereocenters. The average Bonchev–Trinajstić information content (AvgIpc) is 3.27. The fourth-order valence-corrected chi connectivity index (χ4v) is 7.09. The highest BCUT2D eigenvalue weighted by molar-refractivity contribution is 6.12. The highest BCUT2D eigenvalue weighted by Gasteiger charge is 2.26. The molecule has 0 bridgehead atoms. The van der Waals surface area contributed by atoms with E-state index in [0.29, 0.717) is 45.4 Å². The number of amides is 1. The van der Waals surface area contributed by atoms with Crippen LogP contribution in [0.1, 0.15) is 105 Å². The van der Waals surface area contributed by atoms with E-state index < -0.39 is 41.2 Å². The molecule has 322 valence electrons. The Hall–Kier alpha value is -7.81. The topological polar surface area (TPSA) is 207 Å². The van der Waals surface area contributed by atoms with Crippen LogP contribution in [0, 0.1) is 13.8 Å². The molecule has 0 saturated carbocycles. The van der Waals surface area contributed by atoms with Crippen molar-refractivity contribution in [2.75, 3.05) is 19.5 Å². The molecule has 14 nitrogen and oxygen atoms in total. The monoisotopic (exact) mass is 852 g/mol. The molecule has 0 aliphatic carbocycles. The zero-order chi connectivity index (χ0) is 45.6. The van der Waals surface area contributed by atoms with Gasteiger partial charge in [-0.25, -0.2) is 19.2 Å². The largest absolute Gasteiger partial charge is 0.478 e. The van der Waals surface area contributed by atoms with Gasteiger partial charge in [0, 0.05) is 11.1 Å². The number of carbonyl (C=O) groups excluding carboxylic acids is 3. The first kappa shape index (κ1) is 44.7. The van der Waals surface area contributed by atoms with Crippen molar-refractivity contribution in [2.45, 2.75) is 39.2 Å². The Balaban J connectivity index is 1.11. The van der Waals surface area contributed by atoms with Crippen molar-refractivity contribution >= 4 is 35.5 Å². The SMILES string of the molecule is COC(=O)c1ccc(C(=O)O)c(C(=O)Nc2ccc(Oc3ccc(C(C)(C)c4ccc(Oc5ccc(C(NO)c6cc(C(=O)OC)ccc6C(=O)O)c(C)c5)cc4)cc3)cc2C)c1. The predicted molar refractivity (Wildman–Crippen MR) is 232 cm³/mol. The first-order chi connectivity index (χ1) is 30.0. The van der Waals surface area contributed by atoms with Crippen LogP contribution < -0.4 is 20.3 Å². The lowest BCUT2D eigenvalue weighted by molar-refractivity contribution is 0.0591. The van der Waals surface area contributed by atoms with E-state index in [4.69, 9.17) is 18.9 Å². The van der Waals surface area contributed by atoms with Gasteiger partial charge in [0.25, 0.3) is 5.91 Å². The van der Waals surface area contributed by atoms with Crippen molar-refractivity contribution in [1.82, 2.24) is 5.48 Å². The van der Waals surface area contributed by atoms with Gasteiger partial charge in [-0.15, -0.1) is 0 Å². The lowest BCUT2D eigenvalue weighted by Gasteiger charge is -2.26. The molecule has 0 aliphatic rings. The van der Waals surface area contributed by atoms with Gasteiger partial charge in [0.15, 0.2) is 0 Å². The third-order valence-corrected chi connectivity index (χ3v) is 10.7. The van der Waals surface area contributed by atoms with Crippen molar-refractivity contribution in [3.63, 3.8) is 0 Å². The molecule has 6 rings (SSSR count). The summed E-state index contributed by atoms with van der Waals surface area (Å²) in [5.41, 5.74) is 6.00. The highest BCUT2D eigenvalue weighted by Crippen LogP contribution is 2.36. The molecule has 1 amide bonds. The van der Waals surface area contributed by atoms with Gasteiger partial charge in [-0.3, -0.25) is 4.79 Å². The third kappa shape index (κ3) is 9.89. The Kier molecular flexibility index (Phi) is 13.4. The summed E-state index contributed by atoms with van der Waals surface area (Å²) >= 11 is 0. The Labute approximate surface area is 362 Å². The van der Waals surface area contributed by atoms with Crippen LogP contribution in [0.25, 0.3) is 0 Å². The lowest BCUT2D eigenvalue weighted by Crippen LogP contribution is -2.22. The van der Waals surface area contributed by atoms with Crippen LogP contribution in [0.5, 0.6) is 23.0 Å². The van der Waals surface area contributed by atoms with Crippen LogP contribution in [-0.2, 0) is 14.9 Å². The summed E-state index contributed by atoms with van der Waals surface area (Å²) in [5, 5.41) is 32.4. The Morgan fingerprint density at radius 1 is 0.540 bits per heavy atom. The molecule has 63 heavy (non-hydrogen) atoms. The van der Waals surface area contributed by atoms with Gasteiger partial charge in [-0.05, 0) is 138 Å². The van der Waals surface area contributed by atoms with Crippen molar-refractivity contribution < 1.29 is 58.3 Å². The molecule has 0 aliphatic heterocycles. The van der Waals surface area contributed by atoms with Crippen molar-refractivity contribution in [2.24, 2.45) is 0 Å². The number of anilines is 1. The molecule has 6 aromatic carbocycles. The molecule has 0 fully saturated rings. The molecule has 0 saturated heterocycles. The summed E-state index contributed by atoms with van der Waals surface area (Å²) in [5.74, 6) is -2.39. The summed E-state index contributed by atoms with van der Waals surface area (Å²) < 4.78 is 21.8. The Morgan fingerprint density at radius 2 is 1.02 bits per heavy atom. The predicted octanol–water partition coefficient (Wildman–Crippen LogP) is 9.50. The minimum atomic E-state index is -1.32. The summed E-state index contributed by atoms with van der Waals surface area (Å²) in [6.07, 6.45) is 0. The lowest BCUT2D eigenvalue weighted by atomic mass is 9.78. The fourth-order valence-electron chi connectivity index (χ4n) is 7.09. The van der Waals surface area contributed by atoms with Crippen molar-refractivity contribution in [3.8, 4) is 23.0 Å². The summed E-state index contributed by atoms with van der Waals surface area (Å²) in [6, 6.07) is 32.4. The zero-order valence-electron chi connectivity index (χ0n) is 35.1. The fraction of sp³-hybridized carbons (Fsp3) is 0.163. The van der Waals surface area contributed by atoms with Crippen LogP contribution >= 0.6 is 0 Å². The number of benzene rings is 6. The number of rotatable bonds is 15. The molecule has 14 heteroatoms. The van der Waals surface area contributed by atoms with Crippen LogP contribution in [0.2, 0.25) is 0 Å². The third-order valence-electron chi connectivity index (χ3n) is 10.7. The van der Waals surface area contributed by atoms with E-state index in [9.17, 15) is 39.4 Å².